The molecule has 0 fully saturated rings. The molecule has 0 aliphatic rings. The first-order valence-corrected chi connectivity index (χ1v) is 4.86. The van der Waals surface area contributed by atoms with Crippen molar-refractivity contribution in [2.24, 2.45) is 0 Å². The lowest BCUT2D eigenvalue weighted by atomic mass is 10.1. The molecule has 0 aliphatic heterocycles. The van der Waals surface area contributed by atoms with Crippen molar-refractivity contribution < 1.29 is 9.53 Å². The van der Waals surface area contributed by atoms with Crippen LogP contribution in [0, 0.1) is 11.3 Å². The van der Waals surface area contributed by atoms with Gasteiger partial charge in [0.1, 0.15) is 16.8 Å². The molecule has 4 heteroatoms. The number of benzene rings is 1. The van der Waals surface area contributed by atoms with E-state index in [1.165, 1.54) is 13.0 Å². The zero-order valence-electron chi connectivity index (χ0n) is 8.50. The normalized spacial score (nSPS) is 9.47. The molecule has 0 bridgehead atoms. The van der Waals surface area contributed by atoms with E-state index in [0.29, 0.717) is 23.5 Å². The Balaban J connectivity index is 3.38. The molecule has 0 aliphatic carbocycles. The summed E-state index contributed by atoms with van der Waals surface area (Å²) < 4.78 is 5.27. The van der Waals surface area contributed by atoms with Gasteiger partial charge < -0.3 is 4.74 Å². The van der Waals surface area contributed by atoms with Crippen molar-refractivity contribution >= 4 is 17.4 Å². The minimum atomic E-state index is -0.134. The van der Waals surface area contributed by atoms with Gasteiger partial charge in [-0.1, -0.05) is 11.6 Å². The fourth-order valence-corrected chi connectivity index (χ4v) is 1.47. The Morgan fingerprint density at radius 3 is 2.73 bits per heavy atom. The molecule has 0 aromatic heterocycles. The molecular formula is C11H10ClNO2. The fourth-order valence-electron chi connectivity index (χ4n) is 1.21. The predicted octanol–water partition coefficient (Wildman–Crippen LogP) is 2.81. The summed E-state index contributed by atoms with van der Waals surface area (Å²) in [7, 11) is 0. The molecule has 15 heavy (non-hydrogen) atoms. The fraction of sp³-hybridized carbons (Fsp3) is 0.273. The van der Waals surface area contributed by atoms with E-state index >= 15 is 0 Å². The third-order valence-corrected chi connectivity index (χ3v) is 2.26. The molecule has 0 saturated heterocycles. The van der Waals surface area contributed by atoms with Crippen LogP contribution in [-0.4, -0.2) is 12.4 Å². The van der Waals surface area contributed by atoms with Gasteiger partial charge in [-0.3, -0.25) is 4.79 Å². The predicted molar refractivity (Wildman–Crippen MR) is 57.3 cm³/mol. The highest BCUT2D eigenvalue weighted by Gasteiger charge is 2.15. The van der Waals surface area contributed by atoms with Gasteiger partial charge in [0.15, 0.2) is 5.78 Å². The van der Waals surface area contributed by atoms with Gasteiger partial charge in [-0.15, -0.1) is 0 Å². The van der Waals surface area contributed by atoms with Crippen LogP contribution in [-0.2, 0) is 0 Å². The van der Waals surface area contributed by atoms with E-state index < -0.39 is 0 Å². The first-order chi connectivity index (χ1) is 7.11. The average molecular weight is 224 g/mol. The van der Waals surface area contributed by atoms with Crippen LogP contribution in [0.3, 0.4) is 0 Å². The summed E-state index contributed by atoms with van der Waals surface area (Å²) in [5, 5.41) is 8.97. The van der Waals surface area contributed by atoms with E-state index in [9.17, 15) is 4.79 Å². The molecule has 0 heterocycles. The third kappa shape index (κ3) is 2.28. The van der Waals surface area contributed by atoms with Gasteiger partial charge in [0.2, 0.25) is 0 Å². The quantitative estimate of drug-likeness (QED) is 0.741. The van der Waals surface area contributed by atoms with E-state index in [0.717, 1.165) is 0 Å². The monoisotopic (exact) mass is 223 g/mol. The second-order valence-corrected chi connectivity index (χ2v) is 3.28. The lowest BCUT2D eigenvalue weighted by Gasteiger charge is -2.10. The van der Waals surface area contributed by atoms with Gasteiger partial charge in [0.05, 0.1) is 17.7 Å². The minimum absolute atomic E-state index is 0.134. The summed E-state index contributed by atoms with van der Waals surface area (Å²) in [6, 6.07) is 5.01. The molecule has 0 spiro atoms. The van der Waals surface area contributed by atoms with Gasteiger partial charge in [-0.25, -0.2) is 0 Å². The number of nitriles is 1. The molecule has 1 aromatic rings. The van der Waals surface area contributed by atoms with Crippen LogP contribution in [0.25, 0.3) is 0 Å². The molecular weight excluding hydrogens is 214 g/mol. The van der Waals surface area contributed by atoms with Crippen molar-refractivity contribution in [3.63, 3.8) is 0 Å². The van der Waals surface area contributed by atoms with E-state index in [-0.39, 0.29) is 10.8 Å². The number of carbonyl (C=O) groups excluding carboxylic acids is 1. The van der Waals surface area contributed by atoms with E-state index in [1.807, 2.05) is 6.07 Å². The number of nitrogens with zero attached hydrogens (tertiary/aromatic N) is 1. The molecule has 0 atom stereocenters. The SMILES string of the molecule is CCOc1c(C(C)=O)ccc(C#N)c1Cl. The summed E-state index contributed by atoms with van der Waals surface area (Å²) in [6.45, 7) is 3.62. The maximum Gasteiger partial charge on any atom is 0.163 e. The van der Waals surface area contributed by atoms with E-state index in [2.05, 4.69) is 0 Å². The van der Waals surface area contributed by atoms with Crippen LogP contribution in [0.4, 0.5) is 0 Å². The van der Waals surface area contributed by atoms with E-state index in [1.54, 1.807) is 13.0 Å². The number of hydrogen-bond donors (Lipinski definition) is 0. The van der Waals surface area contributed by atoms with Gasteiger partial charge >= 0.3 is 0 Å². The summed E-state index contributed by atoms with van der Waals surface area (Å²) in [5.41, 5.74) is 0.714. The average Bonchev–Trinajstić information content (AvgIpc) is 2.20. The second-order valence-electron chi connectivity index (χ2n) is 2.90. The molecule has 3 nitrogen and oxygen atoms in total. The molecule has 78 valence electrons. The van der Waals surface area contributed by atoms with E-state index in [4.69, 9.17) is 21.6 Å². The van der Waals surface area contributed by atoms with Crippen molar-refractivity contribution in [2.75, 3.05) is 6.61 Å². The maximum atomic E-state index is 11.3. The van der Waals surface area contributed by atoms with Crippen LogP contribution >= 0.6 is 11.6 Å². The van der Waals surface area contributed by atoms with Crippen LogP contribution in [0.2, 0.25) is 5.02 Å². The van der Waals surface area contributed by atoms with Gasteiger partial charge in [0, 0.05) is 0 Å². The Bertz CT molecular complexity index is 435. The van der Waals surface area contributed by atoms with Crippen LogP contribution < -0.4 is 4.74 Å². The summed E-state index contributed by atoms with van der Waals surface area (Å²) in [6.07, 6.45) is 0. The summed E-state index contributed by atoms with van der Waals surface area (Å²) in [5.74, 6) is 0.163. The largest absolute Gasteiger partial charge is 0.492 e. The standard InChI is InChI=1S/C11H10ClNO2/c1-3-15-11-9(7(2)14)5-4-8(6-13)10(11)12/h4-5H,3H2,1-2H3. The summed E-state index contributed by atoms with van der Waals surface area (Å²) >= 11 is 5.94. The second kappa shape index (κ2) is 4.81. The molecule has 0 unspecified atom stereocenters. The highest BCUT2D eigenvalue weighted by atomic mass is 35.5. The maximum absolute atomic E-state index is 11.3. The Hall–Kier alpha value is -1.53. The third-order valence-electron chi connectivity index (χ3n) is 1.89. The summed E-state index contributed by atoms with van der Waals surface area (Å²) in [4.78, 5) is 11.3. The molecule has 0 saturated carbocycles. The minimum Gasteiger partial charge on any atom is -0.492 e. The number of Topliss-reactive ketones (excluding diaryl/α,β-unsaturated/α-hetero) is 1. The highest BCUT2D eigenvalue weighted by molar-refractivity contribution is 6.33. The molecule has 0 radical (unpaired) electrons. The number of hydrogen-bond acceptors (Lipinski definition) is 3. The van der Waals surface area contributed by atoms with Gasteiger partial charge in [0.25, 0.3) is 0 Å². The molecule has 1 aromatic carbocycles. The van der Waals surface area contributed by atoms with Crippen LogP contribution in [0.5, 0.6) is 5.75 Å². The zero-order valence-corrected chi connectivity index (χ0v) is 9.26. The Kier molecular flexibility index (Phi) is 3.70. The lowest BCUT2D eigenvalue weighted by molar-refractivity contribution is 0.101. The van der Waals surface area contributed by atoms with Crippen molar-refractivity contribution in [2.45, 2.75) is 13.8 Å². The molecule has 0 N–H and O–H groups in total. The zero-order chi connectivity index (χ0) is 11.4. The highest BCUT2D eigenvalue weighted by Crippen LogP contribution is 2.32. The smallest absolute Gasteiger partial charge is 0.163 e. The van der Waals surface area contributed by atoms with Crippen molar-refractivity contribution in [1.29, 1.82) is 5.26 Å². The Morgan fingerprint density at radius 1 is 1.60 bits per heavy atom. The number of ether oxygens (including phenoxy) is 1. The van der Waals surface area contributed by atoms with Crippen LogP contribution in [0.1, 0.15) is 29.8 Å². The Labute approximate surface area is 93.2 Å². The topological polar surface area (TPSA) is 50.1 Å². The number of rotatable bonds is 3. The molecule has 1 rings (SSSR count). The van der Waals surface area contributed by atoms with Crippen molar-refractivity contribution in [3.8, 4) is 11.8 Å². The number of carbonyl (C=O) groups is 1. The lowest BCUT2D eigenvalue weighted by Crippen LogP contribution is -2.02. The van der Waals surface area contributed by atoms with Crippen LogP contribution in [0.15, 0.2) is 12.1 Å². The molecule has 0 amide bonds. The first kappa shape index (κ1) is 11.5. The van der Waals surface area contributed by atoms with Crippen molar-refractivity contribution in [1.82, 2.24) is 0 Å². The Morgan fingerprint density at radius 2 is 2.27 bits per heavy atom. The van der Waals surface area contributed by atoms with Crippen molar-refractivity contribution in [3.05, 3.63) is 28.3 Å². The first-order valence-electron chi connectivity index (χ1n) is 4.48. The number of halogens is 1. The van der Waals surface area contributed by atoms with Gasteiger partial charge in [-0.05, 0) is 26.0 Å². The number of ketones is 1. The van der Waals surface area contributed by atoms with Gasteiger partial charge in [-0.2, -0.15) is 5.26 Å².